The zero-order chi connectivity index (χ0) is 12.0. The molecule has 1 fully saturated rings. The lowest BCUT2D eigenvalue weighted by molar-refractivity contribution is 0.788. The highest BCUT2D eigenvalue weighted by Crippen LogP contribution is 2.47. The third kappa shape index (κ3) is 3.25. The van der Waals surface area contributed by atoms with Gasteiger partial charge in [-0.3, -0.25) is 5.41 Å². The van der Waals surface area contributed by atoms with Gasteiger partial charge in [0.1, 0.15) is 0 Å². The van der Waals surface area contributed by atoms with Gasteiger partial charge < -0.3 is 5.32 Å². The lowest BCUT2D eigenvalue weighted by atomic mass is 9.98. The summed E-state index contributed by atoms with van der Waals surface area (Å²) in [6, 6.07) is 8.77. The highest BCUT2D eigenvalue weighted by molar-refractivity contribution is 5.46. The van der Waals surface area contributed by atoms with E-state index in [9.17, 15) is 0 Å². The molecule has 0 aromatic heterocycles. The van der Waals surface area contributed by atoms with Crippen LogP contribution in [0.2, 0.25) is 0 Å². The Kier molecular flexibility index (Phi) is 4.33. The Morgan fingerprint density at radius 3 is 2.12 bits per heavy atom. The molecule has 0 heterocycles. The van der Waals surface area contributed by atoms with Gasteiger partial charge in [0.15, 0.2) is 0 Å². The maximum Gasteiger partial charge on any atom is 0.0337 e. The van der Waals surface area contributed by atoms with Crippen molar-refractivity contribution in [1.29, 1.82) is 5.41 Å². The second-order valence-corrected chi connectivity index (χ2v) is 4.32. The molecule has 0 saturated heterocycles. The fourth-order valence-corrected chi connectivity index (χ4v) is 1.52. The van der Waals surface area contributed by atoms with Gasteiger partial charge in [0.2, 0.25) is 0 Å². The van der Waals surface area contributed by atoms with Crippen molar-refractivity contribution in [2.24, 2.45) is 0 Å². The predicted molar refractivity (Wildman–Crippen MR) is 70.5 cm³/mol. The Morgan fingerprint density at radius 1 is 1.31 bits per heavy atom. The fourth-order valence-electron chi connectivity index (χ4n) is 1.52. The summed E-state index contributed by atoms with van der Waals surface area (Å²) in [5.74, 6) is 2.06. The van der Waals surface area contributed by atoms with Crippen LogP contribution in [0.25, 0.3) is 0 Å². The number of hydrogen-bond donors (Lipinski definition) is 2. The van der Waals surface area contributed by atoms with Gasteiger partial charge in [-0.05, 0) is 54.8 Å². The van der Waals surface area contributed by atoms with E-state index in [4.69, 9.17) is 5.41 Å². The van der Waals surface area contributed by atoms with E-state index in [2.05, 4.69) is 42.4 Å². The standard InChI is InChI=1S/C11H15N.C3H5N/c1-11(7-8-11)9-3-5-10(12-2)6-4-9;1-2-3-4/h3-6,12H,7-8H2,1-2H3;2,4H,1H3. The van der Waals surface area contributed by atoms with Crippen molar-refractivity contribution in [2.75, 3.05) is 12.4 Å². The molecule has 2 heteroatoms. The van der Waals surface area contributed by atoms with Gasteiger partial charge in [0, 0.05) is 12.7 Å². The average molecular weight is 216 g/mol. The first-order valence-electron chi connectivity index (χ1n) is 5.64. The molecule has 0 aliphatic heterocycles. The molecule has 0 radical (unpaired) electrons. The molecule has 0 spiro atoms. The molecule has 2 nitrogen and oxygen atoms in total. The average Bonchev–Trinajstić information content (AvgIpc) is 3.09. The van der Waals surface area contributed by atoms with Crippen LogP contribution in [0, 0.1) is 5.41 Å². The van der Waals surface area contributed by atoms with Crippen LogP contribution < -0.4 is 5.32 Å². The molecule has 0 unspecified atom stereocenters. The summed E-state index contributed by atoms with van der Waals surface area (Å²) in [6.07, 6.45) is 4.25. The second-order valence-electron chi connectivity index (χ2n) is 4.32. The first-order valence-corrected chi connectivity index (χ1v) is 5.64. The number of hydrogen-bond acceptors (Lipinski definition) is 2. The van der Waals surface area contributed by atoms with E-state index in [0.29, 0.717) is 5.41 Å². The van der Waals surface area contributed by atoms with Crippen molar-refractivity contribution < 1.29 is 0 Å². The molecular weight excluding hydrogens is 196 g/mol. The van der Waals surface area contributed by atoms with Crippen LogP contribution in [0.4, 0.5) is 5.69 Å². The van der Waals surface area contributed by atoms with Gasteiger partial charge in [-0.25, -0.2) is 0 Å². The predicted octanol–water partition coefficient (Wildman–Crippen LogP) is 3.59. The quantitative estimate of drug-likeness (QED) is 0.728. The van der Waals surface area contributed by atoms with Gasteiger partial charge in [0.05, 0.1) is 0 Å². The number of anilines is 1. The number of rotatable bonds is 2. The number of allylic oxidation sites excluding steroid dienone is 1. The SMILES string of the molecule is CC=C=N.CNc1ccc(C2(C)CC2)cc1. The van der Waals surface area contributed by atoms with Crippen LogP contribution >= 0.6 is 0 Å². The third-order valence-electron chi connectivity index (χ3n) is 3.01. The molecule has 1 aromatic rings. The van der Waals surface area contributed by atoms with E-state index >= 15 is 0 Å². The Morgan fingerprint density at radius 2 is 1.81 bits per heavy atom. The first kappa shape index (κ1) is 12.5. The number of nitrogens with one attached hydrogen (secondary N) is 2. The second kappa shape index (κ2) is 5.53. The third-order valence-corrected chi connectivity index (χ3v) is 3.01. The Labute approximate surface area is 97.9 Å². The Hall–Kier alpha value is -1.53. The molecule has 0 atom stereocenters. The summed E-state index contributed by atoms with van der Waals surface area (Å²) >= 11 is 0. The first-order chi connectivity index (χ1) is 7.66. The van der Waals surface area contributed by atoms with Crippen LogP contribution in [0.5, 0.6) is 0 Å². The molecule has 2 N–H and O–H groups in total. The lowest BCUT2D eigenvalue weighted by Gasteiger charge is -2.08. The van der Waals surface area contributed by atoms with Gasteiger partial charge in [-0.1, -0.05) is 19.1 Å². The molecule has 0 amide bonds. The van der Waals surface area contributed by atoms with Crippen molar-refractivity contribution in [3.8, 4) is 0 Å². The largest absolute Gasteiger partial charge is 0.388 e. The van der Waals surface area contributed by atoms with Crippen LogP contribution in [-0.4, -0.2) is 12.9 Å². The summed E-state index contributed by atoms with van der Waals surface area (Å²) < 4.78 is 0. The normalized spacial score (nSPS) is 15.2. The monoisotopic (exact) mass is 216 g/mol. The van der Waals surface area contributed by atoms with Crippen LogP contribution in [0.3, 0.4) is 0 Å². The summed E-state index contributed by atoms with van der Waals surface area (Å²) in [5.41, 5.74) is 3.19. The van der Waals surface area contributed by atoms with Crippen molar-refractivity contribution in [2.45, 2.75) is 32.1 Å². The van der Waals surface area contributed by atoms with Crippen LogP contribution in [0.1, 0.15) is 32.3 Å². The minimum atomic E-state index is 0.506. The topological polar surface area (TPSA) is 35.9 Å². The van der Waals surface area contributed by atoms with Gasteiger partial charge in [-0.2, -0.15) is 0 Å². The van der Waals surface area contributed by atoms with E-state index in [1.54, 1.807) is 13.0 Å². The number of benzene rings is 1. The summed E-state index contributed by atoms with van der Waals surface area (Å²) in [5, 5.41) is 9.27. The summed E-state index contributed by atoms with van der Waals surface area (Å²) in [4.78, 5) is 0. The summed E-state index contributed by atoms with van der Waals surface area (Å²) in [7, 11) is 1.95. The molecule has 16 heavy (non-hydrogen) atoms. The zero-order valence-corrected chi connectivity index (χ0v) is 10.3. The molecular formula is C14H20N2. The molecule has 1 aliphatic rings. The molecule has 1 aliphatic carbocycles. The van der Waals surface area contributed by atoms with Gasteiger partial charge >= 0.3 is 0 Å². The van der Waals surface area contributed by atoms with Gasteiger partial charge in [-0.15, -0.1) is 0 Å². The highest BCUT2D eigenvalue weighted by atomic mass is 14.8. The zero-order valence-electron chi connectivity index (χ0n) is 10.3. The van der Waals surface area contributed by atoms with E-state index in [1.807, 2.05) is 7.05 Å². The van der Waals surface area contributed by atoms with E-state index in [1.165, 1.54) is 24.1 Å². The Balaban J connectivity index is 0.000000280. The molecule has 1 saturated carbocycles. The maximum absolute atomic E-state index is 6.15. The molecule has 2 rings (SSSR count). The van der Waals surface area contributed by atoms with Gasteiger partial charge in [0.25, 0.3) is 0 Å². The fraction of sp³-hybridized carbons (Fsp3) is 0.429. The maximum atomic E-state index is 6.15. The highest BCUT2D eigenvalue weighted by Gasteiger charge is 2.38. The van der Waals surface area contributed by atoms with Crippen molar-refractivity contribution in [3.05, 3.63) is 35.9 Å². The lowest BCUT2D eigenvalue weighted by Crippen LogP contribution is -1.99. The minimum absolute atomic E-state index is 0.506. The Bertz CT molecular complexity index is 368. The minimum Gasteiger partial charge on any atom is -0.388 e. The molecule has 1 aromatic carbocycles. The molecule has 0 bridgehead atoms. The van der Waals surface area contributed by atoms with Crippen molar-refractivity contribution >= 4 is 11.6 Å². The van der Waals surface area contributed by atoms with Crippen molar-refractivity contribution in [3.63, 3.8) is 0 Å². The van der Waals surface area contributed by atoms with Crippen LogP contribution in [-0.2, 0) is 5.41 Å². The summed E-state index contributed by atoms with van der Waals surface area (Å²) in [6.45, 7) is 4.09. The molecule has 86 valence electrons. The van der Waals surface area contributed by atoms with Crippen LogP contribution in [0.15, 0.2) is 30.3 Å². The van der Waals surface area contributed by atoms with E-state index in [-0.39, 0.29) is 0 Å². The smallest absolute Gasteiger partial charge is 0.0337 e. The van der Waals surface area contributed by atoms with Crippen molar-refractivity contribution in [1.82, 2.24) is 0 Å². The van der Waals surface area contributed by atoms with E-state index < -0.39 is 0 Å². The van der Waals surface area contributed by atoms with E-state index in [0.717, 1.165) is 0 Å².